The lowest BCUT2D eigenvalue weighted by Crippen LogP contribution is -2.62. The number of benzene rings is 2. The van der Waals surface area contributed by atoms with E-state index in [9.17, 15) is 29.4 Å². The summed E-state index contributed by atoms with van der Waals surface area (Å²) in [5, 5.41) is 28.0. The summed E-state index contributed by atoms with van der Waals surface area (Å²) in [6.45, 7) is 15.5. The summed E-state index contributed by atoms with van der Waals surface area (Å²) in [5.41, 5.74) is -0.0768. The maximum atomic E-state index is 13.4. The molecule has 0 spiro atoms. The summed E-state index contributed by atoms with van der Waals surface area (Å²) >= 11 is 0. The van der Waals surface area contributed by atoms with Gasteiger partial charge < -0.3 is 30.6 Å². The van der Waals surface area contributed by atoms with Gasteiger partial charge in [-0.2, -0.15) is 9.78 Å². The quantitative estimate of drug-likeness (QED) is 0.151. The molecule has 14 heteroatoms. The van der Waals surface area contributed by atoms with Gasteiger partial charge in [-0.15, -0.1) is 0 Å². The molecule has 0 saturated carbocycles. The van der Waals surface area contributed by atoms with Crippen LogP contribution in [0.1, 0.15) is 123 Å². The minimum Gasteiger partial charge on any atom is -0.388 e. The summed E-state index contributed by atoms with van der Waals surface area (Å²) in [7, 11) is 0. The monoisotopic (exact) mass is 722 g/mol. The second kappa shape index (κ2) is 13.5. The predicted octanol–water partition coefficient (Wildman–Crippen LogP) is 3.54. The number of aliphatic hydroxyl groups excluding tert-OH is 2. The van der Waals surface area contributed by atoms with Gasteiger partial charge >= 0.3 is 0 Å². The van der Waals surface area contributed by atoms with Crippen LogP contribution >= 0.6 is 0 Å². The number of aliphatic hydroxyl groups is 2. The third-order valence-electron chi connectivity index (χ3n) is 10.1. The van der Waals surface area contributed by atoms with Crippen molar-refractivity contribution in [1.29, 1.82) is 0 Å². The molecule has 2 unspecified atom stereocenters. The van der Waals surface area contributed by atoms with E-state index in [0.717, 1.165) is 0 Å². The molecule has 4 N–H and O–H groups in total. The van der Waals surface area contributed by atoms with E-state index >= 15 is 0 Å². The Hall–Kier alpha value is -3.92. The number of amides is 4. The molecule has 2 aromatic rings. The highest BCUT2D eigenvalue weighted by atomic mass is 17.2. The van der Waals surface area contributed by atoms with Crippen molar-refractivity contribution in [3.63, 3.8) is 0 Å². The van der Waals surface area contributed by atoms with E-state index in [-0.39, 0.29) is 79.8 Å². The fourth-order valence-electron chi connectivity index (χ4n) is 8.71. The van der Waals surface area contributed by atoms with E-state index in [1.807, 2.05) is 0 Å². The van der Waals surface area contributed by atoms with Crippen LogP contribution in [0.3, 0.4) is 0 Å². The second-order valence-corrected chi connectivity index (χ2v) is 17.2. The number of fused-ring (bicyclic) bond motifs is 2. The van der Waals surface area contributed by atoms with Gasteiger partial charge in [0.15, 0.2) is 11.5 Å². The van der Waals surface area contributed by atoms with Gasteiger partial charge in [-0.3, -0.25) is 29.0 Å². The zero-order chi connectivity index (χ0) is 38.0. The van der Waals surface area contributed by atoms with Gasteiger partial charge in [0.25, 0.3) is 23.6 Å². The highest BCUT2D eigenvalue weighted by Gasteiger charge is 2.48. The Morgan fingerprint density at radius 1 is 0.577 bits per heavy atom. The number of rotatable bonds is 11. The zero-order valence-electron chi connectivity index (χ0n) is 31.1. The average Bonchev–Trinajstić information content (AvgIpc) is 3.41. The second-order valence-electron chi connectivity index (χ2n) is 17.2. The van der Waals surface area contributed by atoms with E-state index < -0.39 is 37.2 Å². The Balaban J connectivity index is 0.979. The van der Waals surface area contributed by atoms with Crippen LogP contribution in [-0.4, -0.2) is 103 Å². The van der Waals surface area contributed by atoms with E-state index in [2.05, 4.69) is 66.0 Å². The molecule has 4 heterocycles. The molecule has 2 aromatic carbocycles. The normalized spacial score (nSPS) is 23.4. The molecule has 4 aliphatic rings. The number of carbonyl (C=O) groups excluding carboxylic acids is 4. The van der Waals surface area contributed by atoms with E-state index in [0.29, 0.717) is 25.7 Å². The van der Waals surface area contributed by atoms with Crippen molar-refractivity contribution in [3.8, 4) is 11.5 Å². The van der Waals surface area contributed by atoms with Crippen LogP contribution in [-0.2, 0) is 9.78 Å². The first-order chi connectivity index (χ1) is 24.2. The average molecular weight is 723 g/mol. The Bertz CT molecular complexity index is 1610. The molecule has 0 bridgehead atoms. The summed E-state index contributed by atoms with van der Waals surface area (Å²) < 4.78 is 0. The van der Waals surface area contributed by atoms with Crippen LogP contribution in [0.25, 0.3) is 0 Å². The highest BCUT2D eigenvalue weighted by molar-refractivity contribution is 6.22. The lowest BCUT2D eigenvalue weighted by molar-refractivity contribution is -0.255. The molecule has 6 rings (SSSR count). The first kappa shape index (κ1) is 37.8. The van der Waals surface area contributed by atoms with Crippen LogP contribution in [0.15, 0.2) is 36.4 Å². The first-order valence-corrected chi connectivity index (χ1v) is 17.7. The lowest BCUT2D eigenvalue weighted by atomic mass is 9.79. The lowest BCUT2D eigenvalue weighted by Gasteiger charge is -2.48. The van der Waals surface area contributed by atoms with Gasteiger partial charge in [0, 0.05) is 34.2 Å². The molecule has 2 fully saturated rings. The molecule has 52 heavy (non-hydrogen) atoms. The van der Waals surface area contributed by atoms with Crippen molar-refractivity contribution in [2.75, 3.05) is 13.2 Å². The van der Waals surface area contributed by atoms with Gasteiger partial charge in [0.2, 0.25) is 0 Å². The standard InChI is InChI=1S/C38H50N4O10/c1-35(2)15-21(16-36(3,4)39-35)41-31(45)25-11-9-23(13-27(25)33(41)47)51-49-19-29(43)30(44)20-50-52-24-10-12-26-28(14-24)34(48)42(32(26)46)22-17-37(5,6)40-38(7,8)18-22/h9-14,21-22,29-30,39-40,43-44H,15-20H2,1-8H3. The molecule has 2 atom stereocenters. The Morgan fingerprint density at radius 3 is 1.21 bits per heavy atom. The number of imide groups is 2. The molecule has 2 saturated heterocycles. The van der Waals surface area contributed by atoms with Crippen molar-refractivity contribution >= 4 is 23.6 Å². The first-order valence-electron chi connectivity index (χ1n) is 17.7. The number of hydrogen-bond donors (Lipinski definition) is 4. The zero-order valence-corrected chi connectivity index (χ0v) is 31.1. The van der Waals surface area contributed by atoms with Crippen LogP contribution in [0.2, 0.25) is 0 Å². The minimum atomic E-state index is -1.45. The smallest absolute Gasteiger partial charge is 0.261 e. The number of nitrogens with one attached hydrogen (secondary N) is 2. The maximum absolute atomic E-state index is 13.4. The predicted molar refractivity (Wildman–Crippen MR) is 188 cm³/mol. The van der Waals surface area contributed by atoms with Crippen molar-refractivity contribution in [2.24, 2.45) is 0 Å². The number of hydrogen-bond acceptors (Lipinski definition) is 12. The van der Waals surface area contributed by atoms with Crippen molar-refractivity contribution < 1.29 is 48.9 Å². The van der Waals surface area contributed by atoms with Gasteiger partial charge in [-0.05, 0) is 117 Å². The molecule has 0 aliphatic carbocycles. The number of piperidine rings is 2. The summed E-state index contributed by atoms with van der Waals surface area (Å²) in [5.74, 6) is -1.21. The summed E-state index contributed by atoms with van der Waals surface area (Å²) in [4.78, 5) is 76.9. The Kier molecular flexibility index (Phi) is 9.81. The summed E-state index contributed by atoms with van der Waals surface area (Å²) in [6.07, 6.45) is -0.430. The van der Waals surface area contributed by atoms with Crippen molar-refractivity contribution in [1.82, 2.24) is 20.4 Å². The molecular formula is C38H50N4O10. The maximum Gasteiger partial charge on any atom is 0.261 e. The summed E-state index contributed by atoms with van der Waals surface area (Å²) in [6, 6.07) is 8.31. The molecule has 4 amide bonds. The number of carbonyl (C=O) groups is 4. The highest BCUT2D eigenvalue weighted by Crippen LogP contribution is 2.38. The minimum absolute atomic E-state index is 0.143. The molecular weight excluding hydrogens is 672 g/mol. The Labute approximate surface area is 303 Å². The molecule has 282 valence electrons. The van der Waals surface area contributed by atoms with Crippen LogP contribution in [0.5, 0.6) is 11.5 Å². The largest absolute Gasteiger partial charge is 0.388 e. The Morgan fingerprint density at radius 2 is 0.885 bits per heavy atom. The fourth-order valence-corrected chi connectivity index (χ4v) is 8.71. The molecule has 4 aliphatic heterocycles. The molecule has 0 radical (unpaired) electrons. The van der Waals surface area contributed by atoms with E-state index in [1.54, 1.807) is 0 Å². The topological polar surface area (TPSA) is 176 Å². The third-order valence-corrected chi connectivity index (χ3v) is 10.1. The van der Waals surface area contributed by atoms with Crippen LogP contribution in [0, 0.1) is 0 Å². The van der Waals surface area contributed by atoms with Crippen molar-refractivity contribution in [3.05, 3.63) is 58.7 Å². The number of nitrogens with zero attached hydrogens (tertiary/aromatic N) is 2. The van der Waals surface area contributed by atoms with E-state index in [1.165, 1.54) is 46.2 Å². The van der Waals surface area contributed by atoms with Gasteiger partial charge in [-0.25, -0.2) is 0 Å². The third kappa shape index (κ3) is 7.73. The van der Waals surface area contributed by atoms with E-state index in [4.69, 9.17) is 19.6 Å². The fraction of sp³-hybridized carbons (Fsp3) is 0.579. The van der Waals surface area contributed by atoms with Crippen LogP contribution < -0.4 is 20.4 Å². The van der Waals surface area contributed by atoms with Gasteiger partial charge in [-0.1, -0.05) is 0 Å². The van der Waals surface area contributed by atoms with Gasteiger partial charge in [0.1, 0.15) is 25.4 Å². The molecule has 14 nitrogen and oxygen atoms in total. The SMILES string of the molecule is CC1(C)CC(N2C(=O)c3ccc(OOCC(O)C(O)COOc4ccc5c(c4)C(=O)N(C4CC(C)(C)NC(C)(C)C4)C5=O)cc3C2=O)CC(C)(C)N1. The van der Waals surface area contributed by atoms with Crippen molar-refractivity contribution in [2.45, 2.75) is 128 Å². The van der Waals surface area contributed by atoms with Crippen LogP contribution in [0.4, 0.5) is 0 Å². The molecule has 0 aromatic heterocycles. The van der Waals surface area contributed by atoms with Gasteiger partial charge in [0.05, 0.1) is 22.3 Å².